The smallest absolute Gasteiger partial charge is 0.230 e. The van der Waals surface area contributed by atoms with Crippen molar-refractivity contribution in [2.75, 3.05) is 46.9 Å². The molecular formula is C22H27N3O4. The van der Waals surface area contributed by atoms with Crippen LogP contribution in [0.3, 0.4) is 0 Å². The Labute approximate surface area is 170 Å². The lowest BCUT2D eigenvalue weighted by atomic mass is 9.76. The van der Waals surface area contributed by atoms with E-state index in [2.05, 4.69) is 11.9 Å². The maximum absolute atomic E-state index is 13.4. The highest BCUT2D eigenvalue weighted by atomic mass is 16.5. The molecule has 7 nitrogen and oxygen atoms in total. The van der Waals surface area contributed by atoms with Crippen LogP contribution in [0, 0.1) is 11.8 Å². The Balaban J connectivity index is 1.36. The third-order valence-corrected chi connectivity index (χ3v) is 6.79. The highest BCUT2D eigenvalue weighted by Crippen LogP contribution is 2.52. The van der Waals surface area contributed by atoms with Gasteiger partial charge in [-0.15, -0.1) is 0 Å². The Morgan fingerprint density at radius 2 is 2.07 bits per heavy atom. The average molecular weight is 397 g/mol. The Morgan fingerprint density at radius 1 is 1.28 bits per heavy atom. The van der Waals surface area contributed by atoms with Crippen LogP contribution in [0.15, 0.2) is 36.4 Å². The van der Waals surface area contributed by atoms with Crippen LogP contribution in [0.2, 0.25) is 0 Å². The molecule has 3 fully saturated rings. The maximum atomic E-state index is 13.4. The number of carbonyl (C=O) groups excluding carboxylic acids is 2. The van der Waals surface area contributed by atoms with E-state index in [0.29, 0.717) is 26.2 Å². The van der Waals surface area contributed by atoms with Crippen LogP contribution in [0.4, 0.5) is 0 Å². The van der Waals surface area contributed by atoms with Crippen molar-refractivity contribution in [3.8, 4) is 5.75 Å². The van der Waals surface area contributed by atoms with E-state index in [9.17, 15) is 9.59 Å². The minimum atomic E-state index is -0.659. The van der Waals surface area contributed by atoms with Crippen LogP contribution >= 0.6 is 0 Å². The van der Waals surface area contributed by atoms with Gasteiger partial charge >= 0.3 is 0 Å². The van der Waals surface area contributed by atoms with Crippen molar-refractivity contribution in [3.05, 3.63) is 42.0 Å². The van der Waals surface area contributed by atoms with E-state index >= 15 is 0 Å². The lowest BCUT2D eigenvalue weighted by Crippen LogP contribution is -2.52. The van der Waals surface area contributed by atoms with Crippen molar-refractivity contribution in [1.29, 1.82) is 0 Å². The molecule has 7 heteroatoms. The largest absolute Gasteiger partial charge is 0.497 e. The summed E-state index contributed by atoms with van der Waals surface area (Å²) in [5, 5.41) is 0. The van der Waals surface area contributed by atoms with Gasteiger partial charge in [-0.25, -0.2) is 0 Å². The summed E-state index contributed by atoms with van der Waals surface area (Å²) in [5.74, 6) is 0.0252. The van der Waals surface area contributed by atoms with Gasteiger partial charge in [-0.1, -0.05) is 24.3 Å². The SMILES string of the molecule is COc1cccc(CN2C[C@]34C=C[C@H](O3)[C@@H](C(=O)N3CCN(C)CC3)[C@H]4C2=O)c1. The first kappa shape index (κ1) is 18.6. The molecule has 0 unspecified atom stereocenters. The molecule has 3 saturated heterocycles. The number of methoxy groups -OCH3 is 1. The van der Waals surface area contributed by atoms with Crippen molar-refractivity contribution in [3.63, 3.8) is 0 Å². The van der Waals surface area contributed by atoms with E-state index < -0.39 is 17.4 Å². The van der Waals surface area contributed by atoms with Crippen molar-refractivity contribution in [2.24, 2.45) is 11.8 Å². The molecule has 4 heterocycles. The van der Waals surface area contributed by atoms with Gasteiger partial charge in [0.25, 0.3) is 0 Å². The van der Waals surface area contributed by atoms with E-state index in [-0.39, 0.29) is 17.9 Å². The number of nitrogens with zero attached hydrogens (tertiary/aromatic N) is 3. The fraction of sp³-hybridized carbons (Fsp3) is 0.545. The van der Waals surface area contributed by atoms with Gasteiger partial charge in [0.1, 0.15) is 11.4 Å². The van der Waals surface area contributed by atoms with E-state index in [1.54, 1.807) is 7.11 Å². The summed E-state index contributed by atoms with van der Waals surface area (Å²) in [6, 6.07) is 7.75. The van der Waals surface area contributed by atoms with Crippen LogP contribution < -0.4 is 4.74 Å². The molecule has 4 aliphatic heterocycles. The summed E-state index contributed by atoms with van der Waals surface area (Å²) in [6.07, 6.45) is 3.71. The number of fused-ring (bicyclic) bond motifs is 1. The molecule has 0 aliphatic carbocycles. The summed E-state index contributed by atoms with van der Waals surface area (Å²) in [4.78, 5) is 32.7. The highest BCUT2D eigenvalue weighted by Gasteiger charge is 2.67. The Kier molecular flexibility index (Phi) is 4.40. The Bertz CT molecular complexity index is 863. The zero-order valence-electron chi connectivity index (χ0n) is 16.9. The molecule has 2 bridgehead atoms. The molecule has 4 aliphatic rings. The predicted molar refractivity (Wildman–Crippen MR) is 106 cm³/mol. The van der Waals surface area contributed by atoms with E-state index in [0.717, 1.165) is 24.4 Å². The summed E-state index contributed by atoms with van der Waals surface area (Å²) < 4.78 is 11.6. The van der Waals surface area contributed by atoms with Crippen molar-refractivity contribution in [1.82, 2.24) is 14.7 Å². The quantitative estimate of drug-likeness (QED) is 0.702. The third-order valence-electron chi connectivity index (χ3n) is 6.79. The Hall–Kier alpha value is -2.38. The molecule has 0 saturated carbocycles. The monoisotopic (exact) mass is 397 g/mol. The molecular weight excluding hydrogens is 370 g/mol. The van der Waals surface area contributed by atoms with E-state index in [1.807, 2.05) is 46.2 Å². The molecule has 154 valence electrons. The highest BCUT2D eigenvalue weighted by molar-refractivity contribution is 5.93. The second-order valence-corrected chi connectivity index (χ2v) is 8.57. The number of amides is 2. The fourth-order valence-corrected chi connectivity index (χ4v) is 5.22. The number of ether oxygens (including phenoxy) is 2. The topological polar surface area (TPSA) is 62.3 Å². The molecule has 1 spiro atoms. The van der Waals surface area contributed by atoms with Crippen LogP contribution in [0.5, 0.6) is 5.75 Å². The first-order valence-corrected chi connectivity index (χ1v) is 10.3. The third kappa shape index (κ3) is 2.95. The van der Waals surface area contributed by atoms with Crippen molar-refractivity contribution >= 4 is 11.8 Å². The van der Waals surface area contributed by atoms with Crippen LogP contribution in [0.1, 0.15) is 5.56 Å². The van der Waals surface area contributed by atoms with Gasteiger partial charge in [0, 0.05) is 32.7 Å². The van der Waals surface area contributed by atoms with Gasteiger partial charge in [-0.3, -0.25) is 9.59 Å². The minimum absolute atomic E-state index is 0.0205. The summed E-state index contributed by atoms with van der Waals surface area (Å²) in [7, 11) is 3.70. The average Bonchev–Trinajstić information content (AvgIpc) is 3.36. The number of hydrogen-bond donors (Lipinski definition) is 0. The molecule has 0 radical (unpaired) electrons. The van der Waals surface area contributed by atoms with Gasteiger partial charge in [0.15, 0.2) is 0 Å². The molecule has 2 amide bonds. The molecule has 5 rings (SSSR count). The van der Waals surface area contributed by atoms with Gasteiger partial charge < -0.3 is 24.2 Å². The van der Waals surface area contributed by atoms with E-state index in [1.165, 1.54) is 0 Å². The second-order valence-electron chi connectivity index (χ2n) is 8.57. The molecule has 0 N–H and O–H groups in total. The molecule has 0 aromatic heterocycles. The van der Waals surface area contributed by atoms with E-state index in [4.69, 9.17) is 9.47 Å². The van der Waals surface area contributed by atoms with Gasteiger partial charge in [-0.2, -0.15) is 0 Å². The first-order chi connectivity index (χ1) is 14.0. The van der Waals surface area contributed by atoms with Crippen LogP contribution in [-0.4, -0.2) is 85.1 Å². The molecule has 29 heavy (non-hydrogen) atoms. The summed E-state index contributed by atoms with van der Waals surface area (Å²) >= 11 is 0. The van der Waals surface area contributed by atoms with Crippen LogP contribution in [-0.2, 0) is 20.9 Å². The number of likely N-dealkylation sites (tertiary alicyclic amines) is 1. The first-order valence-electron chi connectivity index (χ1n) is 10.3. The Morgan fingerprint density at radius 3 is 2.83 bits per heavy atom. The molecule has 1 aromatic rings. The van der Waals surface area contributed by atoms with Gasteiger partial charge in [-0.05, 0) is 24.7 Å². The summed E-state index contributed by atoms with van der Waals surface area (Å²) in [6.45, 7) is 4.14. The standard InChI is InChI=1S/C22H27N3O4/c1-23-8-10-24(11-9-23)20(26)18-17-6-7-22(29-17)14-25(21(27)19(18)22)13-15-4-3-5-16(12-15)28-2/h3-7,12,17-19H,8-11,13-14H2,1-2H3/t17-,18+,19-,22-/m0/s1. The second kappa shape index (κ2) is 6.85. The van der Waals surface area contributed by atoms with Crippen molar-refractivity contribution in [2.45, 2.75) is 18.2 Å². The predicted octanol–water partition coefficient (Wildman–Crippen LogP) is 0.751. The lowest BCUT2D eigenvalue weighted by Gasteiger charge is -2.35. The normalized spacial score (nSPS) is 33.4. The molecule has 4 atom stereocenters. The molecule has 1 aromatic carbocycles. The number of hydrogen-bond acceptors (Lipinski definition) is 5. The number of benzene rings is 1. The zero-order valence-corrected chi connectivity index (χ0v) is 16.9. The van der Waals surface area contributed by atoms with Crippen LogP contribution in [0.25, 0.3) is 0 Å². The number of likely N-dealkylation sites (N-methyl/N-ethyl adjacent to an activating group) is 1. The van der Waals surface area contributed by atoms with Crippen molar-refractivity contribution < 1.29 is 19.1 Å². The lowest BCUT2D eigenvalue weighted by molar-refractivity contribution is -0.144. The number of carbonyl (C=O) groups is 2. The fourth-order valence-electron chi connectivity index (χ4n) is 5.22. The summed E-state index contributed by atoms with van der Waals surface area (Å²) in [5.41, 5.74) is 0.350. The zero-order chi connectivity index (χ0) is 20.2. The number of piperazine rings is 1. The van der Waals surface area contributed by atoms with Gasteiger partial charge in [0.05, 0.1) is 31.6 Å². The minimum Gasteiger partial charge on any atom is -0.497 e. The maximum Gasteiger partial charge on any atom is 0.230 e. The number of rotatable bonds is 4. The van der Waals surface area contributed by atoms with Gasteiger partial charge in [0.2, 0.25) is 11.8 Å².